The molecule has 0 aromatic heterocycles. The van der Waals surface area contributed by atoms with Gasteiger partial charge in [-0.2, -0.15) is 0 Å². The lowest BCUT2D eigenvalue weighted by atomic mass is 9.87. The van der Waals surface area contributed by atoms with Gasteiger partial charge < -0.3 is 55.6 Å². The number of allylic oxidation sites excluding steroid dienone is 2. The van der Waals surface area contributed by atoms with Crippen LogP contribution in [0.2, 0.25) is 0 Å². The van der Waals surface area contributed by atoms with Gasteiger partial charge in [-0.15, -0.1) is 0 Å². The van der Waals surface area contributed by atoms with Crippen LogP contribution in [0, 0.1) is 40.9 Å². The van der Waals surface area contributed by atoms with Crippen LogP contribution in [0.5, 0.6) is 0 Å². The van der Waals surface area contributed by atoms with Crippen LogP contribution < -0.4 is 21.3 Å². The fourth-order valence-corrected chi connectivity index (χ4v) is 10.6. The summed E-state index contributed by atoms with van der Waals surface area (Å²) in [6, 6.07) is -12.7. The number of amides is 11. The van der Waals surface area contributed by atoms with Crippen molar-refractivity contribution >= 4 is 70.8 Å². The van der Waals surface area contributed by atoms with Crippen molar-refractivity contribution in [3.63, 3.8) is 0 Å². The third-order valence-corrected chi connectivity index (χ3v) is 16.0. The van der Waals surface area contributed by atoms with Gasteiger partial charge in [0.15, 0.2) is 11.8 Å². The zero-order chi connectivity index (χ0) is 66.9. The zero-order valence-electron chi connectivity index (χ0n) is 56.9. The molecule has 0 unspecified atom stereocenters. The number of likely N-dealkylation sites (N-methyl/N-ethyl adjacent to an activating group) is 7. The highest BCUT2D eigenvalue weighted by Crippen LogP contribution is 2.27. The van der Waals surface area contributed by atoms with E-state index in [2.05, 4.69) is 21.3 Å². The molecule has 0 aliphatic carbocycles. The van der Waals surface area contributed by atoms with E-state index < -0.39 is 161 Å². The molecular weight excluding hydrogens is 1100 g/mol. The molecule has 1 heterocycles. The van der Waals surface area contributed by atoms with Gasteiger partial charge in [-0.05, 0) is 94.3 Å². The minimum atomic E-state index is -1.81. The molecule has 0 aromatic rings. The van der Waals surface area contributed by atoms with E-state index in [0.29, 0.717) is 0 Å². The van der Waals surface area contributed by atoms with Gasteiger partial charge in [0.1, 0.15) is 54.4 Å². The molecule has 1 aliphatic rings. The van der Waals surface area contributed by atoms with Crippen molar-refractivity contribution in [1.29, 1.82) is 0 Å². The largest absolute Gasteiger partial charge is 0.343 e. The lowest BCUT2D eigenvalue weighted by molar-refractivity contribution is -0.157. The van der Waals surface area contributed by atoms with E-state index in [1.807, 2.05) is 62.3 Å². The molecule has 490 valence electrons. The quantitative estimate of drug-likeness (QED) is 0.143. The molecule has 0 aromatic carbocycles. The number of carbonyl (C=O) groups is 12. The third-order valence-electron chi connectivity index (χ3n) is 16.0. The van der Waals surface area contributed by atoms with Gasteiger partial charge in [0.2, 0.25) is 59.1 Å². The number of Topliss-reactive ketones (excluding diaryl/α,β-unsaturated/α-hetero) is 1. The average molecular weight is 1210 g/mol. The number of ketones is 1. The Hall–Kier alpha value is -6.42. The zero-order valence-corrected chi connectivity index (χ0v) is 56.9. The SMILES string of the molecule is C/C=C/C[C@@H](C)C(=O)[C@H]1C(=O)N[C@@H](CC)C(=O)N(C)CC(=O)N(C)[C@@H](CC(C)(C)C)C(=O)N[C@@H](C(C)C)C(=O)N(C)[C@@H](CC(C)C)C(=O)N[C@@H](C)C(=O)N[C@H](C)C(=O)N(C)[C@@H](CC(C)C)C(=O)N(C)[C@@H](CC(C)C)C(=O)N(C)[C@@H](C(C)C)C(=O)N1C. The summed E-state index contributed by atoms with van der Waals surface area (Å²) < 4.78 is 0. The van der Waals surface area contributed by atoms with Gasteiger partial charge in [0, 0.05) is 55.3 Å². The number of nitrogens with one attached hydrogen (secondary N) is 4. The average Bonchev–Trinajstić information content (AvgIpc) is 3.54. The summed E-state index contributed by atoms with van der Waals surface area (Å²) in [7, 11) is 9.79. The Bertz CT molecular complexity index is 2420. The van der Waals surface area contributed by atoms with Crippen molar-refractivity contribution < 1.29 is 57.5 Å². The maximum Gasteiger partial charge on any atom is 0.251 e. The standard InChI is InChI=1S/C63H111N11O12/c1-26-28-29-40(13)52(76)51-56(80)66-43(27-2)58(82)68(19)34-48(75)69(20)47(33-63(16,17)18)55(79)67-49(38(9)10)61(85)70(21)44(30-35(3)4)54(78)64-41(14)53(77)65-42(15)57(81)71(22)45(31-36(5)6)59(83)72(23)46(32-37(7)8)60(84)73(24)50(39(11)12)62(86)74(51)25/h26,28,35-47,49-51H,27,29-34H2,1-25H3,(H,64,78)(H,65,77)(H,66,80)(H,67,79)/b28-26+/t40-,41+,42-,43+,44+,45+,46+,47+,49+,50+,51+/m1/s1. The molecule has 1 aliphatic heterocycles. The normalized spacial score (nSPS) is 26.4. The van der Waals surface area contributed by atoms with Crippen molar-refractivity contribution in [3.8, 4) is 0 Å². The number of hydrogen-bond acceptors (Lipinski definition) is 12. The second-order valence-electron chi connectivity index (χ2n) is 27.0. The second kappa shape index (κ2) is 34.2. The maximum absolute atomic E-state index is 15.1. The van der Waals surface area contributed by atoms with Crippen LogP contribution >= 0.6 is 0 Å². The van der Waals surface area contributed by atoms with Crippen LogP contribution in [0.4, 0.5) is 0 Å². The first kappa shape index (κ1) is 77.6. The van der Waals surface area contributed by atoms with Gasteiger partial charge in [0.05, 0.1) is 6.54 Å². The van der Waals surface area contributed by atoms with Crippen LogP contribution in [0.15, 0.2) is 12.2 Å². The lowest BCUT2D eigenvalue weighted by Gasteiger charge is -2.40. The third kappa shape index (κ3) is 21.8. The summed E-state index contributed by atoms with van der Waals surface area (Å²) in [5, 5.41) is 10.9. The predicted molar refractivity (Wildman–Crippen MR) is 332 cm³/mol. The van der Waals surface area contributed by atoms with Crippen LogP contribution in [0.25, 0.3) is 0 Å². The molecule has 4 N–H and O–H groups in total. The van der Waals surface area contributed by atoms with E-state index in [4.69, 9.17) is 0 Å². The van der Waals surface area contributed by atoms with Crippen molar-refractivity contribution in [1.82, 2.24) is 55.6 Å². The molecule has 1 saturated heterocycles. The summed E-state index contributed by atoms with van der Waals surface area (Å²) in [5.41, 5.74) is -0.557. The van der Waals surface area contributed by atoms with E-state index in [0.717, 1.165) is 9.80 Å². The summed E-state index contributed by atoms with van der Waals surface area (Å²) in [4.78, 5) is 183. The Morgan fingerprint density at radius 1 is 0.512 bits per heavy atom. The van der Waals surface area contributed by atoms with E-state index in [9.17, 15) is 47.9 Å². The molecule has 1 fully saturated rings. The van der Waals surface area contributed by atoms with Gasteiger partial charge in [-0.3, -0.25) is 57.5 Å². The maximum atomic E-state index is 15.1. The van der Waals surface area contributed by atoms with Crippen molar-refractivity contribution in [2.45, 2.75) is 224 Å². The van der Waals surface area contributed by atoms with Crippen LogP contribution in [0.3, 0.4) is 0 Å². The minimum Gasteiger partial charge on any atom is -0.343 e. The highest BCUT2D eigenvalue weighted by Gasteiger charge is 2.46. The predicted octanol–water partition coefficient (Wildman–Crippen LogP) is 3.87. The van der Waals surface area contributed by atoms with Crippen LogP contribution in [-0.2, 0) is 57.5 Å². The highest BCUT2D eigenvalue weighted by atomic mass is 16.2. The fraction of sp³-hybridized carbons (Fsp3) is 0.778. The monoisotopic (exact) mass is 1210 g/mol. The van der Waals surface area contributed by atoms with Crippen molar-refractivity contribution in [2.24, 2.45) is 40.9 Å². The van der Waals surface area contributed by atoms with E-state index >= 15 is 9.59 Å². The topological polar surface area (TPSA) is 276 Å². The summed E-state index contributed by atoms with van der Waals surface area (Å²) >= 11 is 0. The summed E-state index contributed by atoms with van der Waals surface area (Å²) in [5.74, 6) is -10.8. The van der Waals surface area contributed by atoms with Crippen LogP contribution in [0.1, 0.15) is 163 Å². The Kier molecular flexibility index (Phi) is 30.9. The molecular formula is C63H111N11O12. The summed E-state index contributed by atoms with van der Waals surface area (Å²) in [6.07, 6.45) is 4.24. The number of hydrogen-bond donors (Lipinski definition) is 4. The first-order chi connectivity index (χ1) is 39.5. The first-order valence-corrected chi connectivity index (χ1v) is 30.7. The van der Waals surface area contributed by atoms with Gasteiger partial charge in [0.25, 0.3) is 5.91 Å². The molecule has 11 amide bonds. The Morgan fingerprint density at radius 3 is 1.42 bits per heavy atom. The van der Waals surface area contributed by atoms with Crippen molar-refractivity contribution in [3.05, 3.63) is 12.2 Å². The lowest BCUT2D eigenvalue weighted by Crippen LogP contribution is -2.63. The van der Waals surface area contributed by atoms with Gasteiger partial charge in [-0.25, -0.2) is 0 Å². The smallest absolute Gasteiger partial charge is 0.251 e. The first-order valence-electron chi connectivity index (χ1n) is 30.7. The highest BCUT2D eigenvalue weighted by molar-refractivity contribution is 6.10. The molecule has 0 spiro atoms. The van der Waals surface area contributed by atoms with Gasteiger partial charge >= 0.3 is 0 Å². The number of carbonyl (C=O) groups excluding carboxylic acids is 12. The van der Waals surface area contributed by atoms with Crippen LogP contribution in [-0.4, -0.2) is 221 Å². The van der Waals surface area contributed by atoms with Gasteiger partial charge in [-0.1, -0.05) is 116 Å². The Labute approximate surface area is 514 Å². The second-order valence-corrected chi connectivity index (χ2v) is 27.0. The molecule has 23 nitrogen and oxygen atoms in total. The van der Waals surface area contributed by atoms with E-state index in [1.165, 1.54) is 87.7 Å². The molecule has 1 rings (SSSR count). The van der Waals surface area contributed by atoms with Crippen molar-refractivity contribution in [2.75, 3.05) is 55.9 Å². The molecule has 11 atom stereocenters. The Balaban J connectivity index is 4.35. The molecule has 86 heavy (non-hydrogen) atoms. The molecule has 0 bridgehead atoms. The molecule has 0 saturated carbocycles. The minimum absolute atomic E-state index is 0.0101. The molecule has 23 heteroatoms. The summed E-state index contributed by atoms with van der Waals surface area (Å²) in [6.45, 7) is 31.0. The number of nitrogens with zero attached hydrogens (tertiary/aromatic N) is 7. The van der Waals surface area contributed by atoms with E-state index in [1.54, 1.807) is 60.6 Å². The Morgan fingerprint density at radius 2 is 0.965 bits per heavy atom. The molecule has 0 radical (unpaired) electrons. The fourth-order valence-electron chi connectivity index (χ4n) is 10.6. The van der Waals surface area contributed by atoms with E-state index in [-0.39, 0.29) is 56.3 Å². The number of rotatable bonds is 14.